The Kier molecular flexibility index (Phi) is 7.17. The molecular weight excluding hydrogens is 406 g/mol. The number of carbonyl (C=O) groups excluding carboxylic acids is 1. The number of hydrogen-bond donors (Lipinski definition) is 0. The van der Waals surface area contributed by atoms with Crippen LogP contribution in [-0.2, 0) is 16.1 Å². The maximum atomic E-state index is 11.7. The number of rotatable bonds is 3. The molecule has 2 aliphatic rings. The first kappa shape index (κ1) is 21.6. The summed E-state index contributed by atoms with van der Waals surface area (Å²) in [5.74, 6) is 0.650. The second kappa shape index (κ2) is 9.61. The van der Waals surface area contributed by atoms with Crippen LogP contribution in [0, 0.1) is 0 Å². The standard InChI is InChI=1S/C23H25NO3S.ClH/c1-3-26-21(25)9-8-18-14-17-15-27-20-7-5-4-6-19(20)22(23(17)28-18)16-10-12-24(2)13-11-16;/h4-9,14H,3,10-13,15H2,1-2H3;1H. The van der Waals surface area contributed by atoms with Crippen LogP contribution in [0.5, 0.6) is 5.75 Å². The Morgan fingerprint density at radius 3 is 2.79 bits per heavy atom. The number of para-hydroxylation sites is 1. The van der Waals surface area contributed by atoms with E-state index in [0.29, 0.717) is 13.2 Å². The van der Waals surface area contributed by atoms with Crippen LogP contribution < -0.4 is 4.74 Å². The Labute approximate surface area is 182 Å². The topological polar surface area (TPSA) is 38.8 Å². The molecule has 2 aromatic rings. The van der Waals surface area contributed by atoms with E-state index in [1.165, 1.54) is 33.2 Å². The van der Waals surface area contributed by atoms with Crippen LogP contribution in [0.1, 0.15) is 40.6 Å². The molecule has 4 rings (SSSR count). The molecule has 0 bridgehead atoms. The van der Waals surface area contributed by atoms with Gasteiger partial charge in [-0.05, 0) is 45.0 Å². The lowest BCUT2D eigenvalue weighted by atomic mass is 9.91. The van der Waals surface area contributed by atoms with E-state index in [1.807, 2.05) is 19.1 Å². The number of hydrogen-bond acceptors (Lipinski definition) is 5. The summed E-state index contributed by atoms with van der Waals surface area (Å²) in [6.07, 6.45) is 5.50. The molecule has 29 heavy (non-hydrogen) atoms. The molecule has 0 unspecified atom stereocenters. The van der Waals surface area contributed by atoms with E-state index >= 15 is 0 Å². The average Bonchev–Trinajstić information content (AvgIpc) is 3.04. The monoisotopic (exact) mass is 431 g/mol. The van der Waals surface area contributed by atoms with Crippen molar-refractivity contribution < 1.29 is 14.3 Å². The summed E-state index contributed by atoms with van der Waals surface area (Å²) in [6.45, 7) is 4.91. The van der Waals surface area contributed by atoms with Gasteiger partial charge in [-0.25, -0.2) is 4.79 Å². The Morgan fingerprint density at radius 1 is 1.28 bits per heavy atom. The lowest BCUT2D eigenvalue weighted by Gasteiger charge is -2.26. The molecule has 0 atom stereocenters. The van der Waals surface area contributed by atoms with Gasteiger partial charge in [-0.15, -0.1) is 23.7 Å². The molecule has 4 nitrogen and oxygen atoms in total. The highest BCUT2D eigenvalue weighted by atomic mass is 35.5. The lowest BCUT2D eigenvalue weighted by molar-refractivity contribution is -0.137. The molecule has 0 radical (unpaired) electrons. The third-order valence-corrected chi connectivity index (χ3v) is 6.37. The number of esters is 1. The third-order valence-electron chi connectivity index (χ3n) is 5.21. The Hall–Kier alpha value is -2.08. The predicted molar refractivity (Wildman–Crippen MR) is 121 cm³/mol. The van der Waals surface area contributed by atoms with Crippen LogP contribution in [0.2, 0.25) is 0 Å². The summed E-state index contributed by atoms with van der Waals surface area (Å²) in [5.41, 5.74) is 5.20. The van der Waals surface area contributed by atoms with E-state index in [4.69, 9.17) is 9.47 Å². The van der Waals surface area contributed by atoms with Crippen molar-refractivity contribution in [2.75, 3.05) is 26.7 Å². The van der Waals surface area contributed by atoms with Crippen molar-refractivity contribution in [3.63, 3.8) is 0 Å². The van der Waals surface area contributed by atoms with Crippen molar-refractivity contribution in [2.24, 2.45) is 0 Å². The molecule has 6 heteroatoms. The normalized spacial score (nSPS) is 16.5. The van der Waals surface area contributed by atoms with Crippen LogP contribution in [0.15, 0.2) is 42.0 Å². The molecular formula is C23H26ClNO3S. The van der Waals surface area contributed by atoms with E-state index in [9.17, 15) is 4.79 Å². The molecule has 0 aliphatic carbocycles. The zero-order valence-electron chi connectivity index (χ0n) is 16.8. The SMILES string of the molecule is CCOC(=O)C=Cc1cc2c(s1)C(=C1CCN(C)CC1)c1ccccc1OC2.Cl. The predicted octanol–water partition coefficient (Wildman–Crippen LogP) is 5.17. The maximum absolute atomic E-state index is 11.7. The van der Waals surface area contributed by atoms with E-state index < -0.39 is 0 Å². The molecule has 2 aliphatic heterocycles. The fraction of sp³-hybridized carbons (Fsp3) is 0.348. The Bertz CT molecular complexity index is 937. The van der Waals surface area contributed by atoms with Gasteiger partial charge in [0.15, 0.2) is 0 Å². The van der Waals surface area contributed by atoms with Crippen LogP contribution in [0.4, 0.5) is 0 Å². The van der Waals surface area contributed by atoms with Gasteiger partial charge in [-0.2, -0.15) is 0 Å². The first-order valence-corrected chi connectivity index (χ1v) is 10.6. The van der Waals surface area contributed by atoms with Gasteiger partial charge in [-0.3, -0.25) is 0 Å². The molecule has 1 fully saturated rings. The minimum absolute atomic E-state index is 0. The van der Waals surface area contributed by atoms with Crippen LogP contribution in [-0.4, -0.2) is 37.6 Å². The highest BCUT2D eigenvalue weighted by molar-refractivity contribution is 7.14. The van der Waals surface area contributed by atoms with Crippen molar-refractivity contribution in [3.05, 3.63) is 62.9 Å². The fourth-order valence-electron chi connectivity index (χ4n) is 3.76. The molecule has 0 amide bonds. The molecule has 3 heterocycles. The van der Waals surface area contributed by atoms with Gasteiger partial charge < -0.3 is 14.4 Å². The molecule has 0 saturated carbocycles. The molecule has 1 aromatic heterocycles. The number of fused-ring (bicyclic) bond motifs is 2. The molecule has 0 spiro atoms. The second-order valence-electron chi connectivity index (χ2n) is 7.16. The zero-order valence-corrected chi connectivity index (χ0v) is 18.4. The highest BCUT2D eigenvalue weighted by Crippen LogP contribution is 2.44. The number of ether oxygens (including phenoxy) is 2. The molecule has 154 valence electrons. The quantitative estimate of drug-likeness (QED) is 0.496. The number of piperidine rings is 1. The van der Waals surface area contributed by atoms with Gasteiger partial charge in [0.25, 0.3) is 0 Å². The smallest absolute Gasteiger partial charge is 0.330 e. The van der Waals surface area contributed by atoms with Gasteiger partial charge in [0.05, 0.1) is 6.61 Å². The van der Waals surface area contributed by atoms with Crippen LogP contribution in [0.25, 0.3) is 11.6 Å². The van der Waals surface area contributed by atoms with Gasteiger partial charge in [0, 0.05) is 45.6 Å². The van der Waals surface area contributed by atoms with Gasteiger partial charge in [0.2, 0.25) is 0 Å². The van der Waals surface area contributed by atoms with E-state index in [2.05, 4.69) is 36.2 Å². The summed E-state index contributed by atoms with van der Waals surface area (Å²) in [6, 6.07) is 10.5. The van der Waals surface area contributed by atoms with Crippen LogP contribution >= 0.6 is 23.7 Å². The summed E-state index contributed by atoms with van der Waals surface area (Å²) in [7, 11) is 2.18. The Balaban J connectivity index is 0.00000240. The number of halogens is 1. The van der Waals surface area contributed by atoms with Crippen molar-refractivity contribution in [2.45, 2.75) is 26.4 Å². The average molecular weight is 432 g/mol. The van der Waals surface area contributed by atoms with Crippen molar-refractivity contribution >= 4 is 41.4 Å². The maximum Gasteiger partial charge on any atom is 0.330 e. The third kappa shape index (κ3) is 4.74. The Morgan fingerprint density at radius 2 is 2.03 bits per heavy atom. The molecule has 0 N–H and O–H groups in total. The van der Waals surface area contributed by atoms with E-state index in [1.54, 1.807) is 11.3 Å². The van der Waals surface area contributed by atoms with Crippen molar-refractivity contribution in [1.29, 1.82) is 0 Å². The van der Waals surface area contributed by atoms with Crippen LogP contribution in [0.3, 0.4) is 0 Å². The van der Waals surface area contributed by atoms with Gasteiger partial charge in [-0.1, -0.05) is 23.8 Å². The van der Waals surface area contributed by atoms with Crippen molar-refractivity contribution in [3.8, 4) is 5.75 Å². The number of carbonyl (C=O) groups is 1. The summed E-state index contributed by atoms with van der Waals surface area (Å²) in [4.78, 5) is 16.4. The fourth-order valence-corrected chi connectivity index (χ4v) is 4.94. The molecule has 1 aromatic carbocycles. The summed E-state index contributed by atoms with van der Waals surface area (Å²) < 4.78 is 11.1. The number of thiophene rings is 1. The van der Waals surface area contributed by atoms with Gasteiger partial charge in [0.1, 0.15) is 12.4 Å². The largest absolute Gasteiger partial charge is 0.488 e. The summed E-state index contributed by atoms with van der Waals surface area (Å²) in [5, 5.41) is 0. The number of likely N-dealkylation sites (tertiary alicyclic amines) is 1. The zero-order chi connectivity index (χ0) is 19.5. The molecule has 1 saturated heterocycles. The second-order valence-corrected chi connectivity index (χ2v) is 8.24. The van der Waals surface area contributed by atoms with Crippen molar-refractivity contribution in [1.82, 2.24) is 4.90 Å². The number of benzene rings is 1. The van der Waals surface area contributed by atoms with E-state index in [0.717, 1.165) is 36.6 Å². The summed E-state index contributed by atoms with van der Waals surface area (Å²) >= 11 is 1.73. The first-order chi connectivity index (χ1) is 13.7. The first-order valence-electron chi connectivity index (χ1n) is 9.76. The lowest BCUT2D eigenvalue weighted by Crippen LogP contribution is -2.26. The highest BCUT2D eigenvalue weighted by Gasteiger charge is 2.25. The van der Waals surface area contributed by atoms with Gasteiger partial charge >= 0.3 is 5.97 Å². The van der Waals surface area contributed by atoms with E-state index in [-0.39, 0.29) is 18.4 Å². The number of nitrogens with zero attached hydrogens (tertiary/aromatic N) is 1. The minimum atomic E-state index is -0.304. The minimum Gasteiger partial charge on any atom is -0.488 e.